The SMILES string of the molecule is CC1CN(C(=O)C2CNc3ccccc3N2)CC(CO)O1. The second-order valence-corrected chi connectivity index (χ2v) is 5.62. The molecule has 0 aromatic heterocycles. The molecule has 3 N–H and O–H groups in total. The third kappa shape index (κ3) is 2.96. The zero-order valence-corrected chi connectivity index (χ0v) is 12.1. The Hall–Kier alpha value is -1.79. The molecule has 1 amide bonds. The highest BCUT2D eigenvalue weighted by atomic mass is 16.5. The first-order chi connectivity index (χ1) is 10.2. The number of hydrogen-bond acceptors (Lipinski definition) is 5. The number of nitrogens with zero attached hydrogens (tertiary/aromatic N) is 1. The maximum Gasteiger partial charge on any atom is 0.247 e. The summed E-state index contributed by atoms with van der Waals surface area (Å²) in [5.41, 5.74) is 1.97. The van der Waals surface area contributed by atoms with Crippen LogP contribution in [0.2, 0.25) is 0 Å². The highest BCUT2D eigenvalue weighted by Crippen LogP contribution is 2.26. The predicted molar refractivity (Wildman–Crippen MR) is 80.3 cm³/mol. The minimum Gasteiger partial charge on any atom is -0.394 e. The van der Waals surface area contributed by atoms with Crippen molar-refractivity contribution in [2.75, 3.05) is 36.9 Å². The molecule has 1 fully saturated rings. The van der Waals surface area contributed by atoms with Crippen LogP contribution in [0.3, 0.4) is 0 Å². The Morgan fingerprint density at radius 2 is 2.14 bits per heavy atom. The van der Waals surface area contributed by atoms with Crippen LogP contribution >= 0.6 is 0 Å². The number of carbonyl (C=O) groups excluding carboxylic acids is 1. The zero-order valence-electron chi connectivity index (χ0n) is 12.1. The van der Waals surface area contributed by atoms with E-state index in [1.165, 1.54) is 0 Å². The third-order valence-electron chi connectivity index (χ3n) is 3.89. The Kier molecular flexibility index (Phi) is 3.98. The molecule has 1 aromatic rings. The number of amides is 1. The van der Waals surface area contributed by atoms with Crippen molar-refractivity contribution < 1.29 is 14.6 Å². The van der Waals surface area contributed by atoms with Gasteiger partial charge in [0.05, 0.1) is 30.2 Å². The summed E-state index contributed by atoms with van der Waals surface area (Å²) in [6, 6.07) is 7.57. The van der Waals surface area contributed by atoms with Crippen molar-refractivity contribution in [1.82, 2.24) is 4.90 Å². The van der Waals surface area contributed by atoms with Gasteiger partial charge in [-0.2, -0.15) is 0 Å². The Morgan fingerprint density at radius 1 is 1.38 bits per heavy atom. The molecule has 21 heavy (non-hydrogen) atoms. The van der Waals surface area contributed by atoms with E-state index < -0.39 is 0 Å². The fourth-order valence-corrected chi connectivity index (χ4v) is 2.91. The van der Waals surface area contributed by atoms with Gasteiger partial charge in [0, 0.05) is 19.6 Å². The quantitative estimate of drug-likeness (QED) is 0.740. The molecule has 1 saturated heterocycles. The molecule has 0 radical (unpaired) electrons. The van der Waals surface area contributed by atoms with E-state index in [4.69, 9.17) is 4.74 Å². The molecule has 0 spiro atoms. The lowest BCUT2D eigenvalue weighted by atomic mass is 10.1. The Bertz CT molecular complexity index is 523. The van der Waals surface area contributed by atoms with Crippen molar-refractivity contribution in [2.45, 2.75) is 25.2 Å². The molecule has 2 aliphatic heterocycles. The topological polar surface area (TPSA) is 73.8 Å². The summed E-state index contributed by atoms with van der Waals surface area (Å²) in [6.45, 7) is 3.43. The van der Waals surface area contributed by atoms with Gasteiger partial charge in [-0.05, 0) is 19.1 Å². The summed E-state index contributed by atoms with van der Waals surface area (Å²) in [7, 11) is 0. The number of hydrogen-bond donors (Lipinski definition) is 3. The average Bonchev–Trinajstić information content (AvgIpc) is 2.53. The molecular formula is C15H21N3O3. The van der Waals surface area contributed by atoms with Crippen LogP contribution in [0, 0.1) is 0 Å². The normalized spacial score (nSPS) is 28.3. The molecule has 3 atom stereocenters. The molecule has 1 aromatic carbocycles. The van der Waals surface area contributed by atoms with Gasteiger partial charge in [-0.3, -0.25) is 4.79 Å². The van der Waals surface area contributed by atoms with Gasteiger partial charge in [0.15, 0.2) is 0 Å². The molecule has 0 saturated carbocycles. The van der Waals surface area contributed by atoms with E-state index in [0.717, 1.165) is 11.4 Å². The number of aliphatic hydroxyl groups is 1. The number of para-hydroxylation sites is 2. The van der Waals surface area contributed by atoms with Crippen LogP contribution in [0.15, 0.2) is 24.3 Å². The second-order valence-electron chi connectivity index (χ2n) is 5.62. The van der Waals surface area contributed by atoms with Crippen molar-refractivity contribution >= 4 is 17.3 Å². The summed E-state index contributed by atoms with van der Waals surface area (Å²) in [5.74, 6) is 0.0469. The number of anilines is 2. The van der Waals surface area contributed by atoms with E-state index in [-0.39, 0.29) is 30.8 Å². The van der Waals surface area contributed by atoms with E-state index in [9.17, 15) is 9.90 Å². The van der Waals surface area contributed by atoms with E-state index in [1.807, 2.05) is 31.2 Å². The monoisotopic (exact) mass is 291 g/mol. The smallest absolute Gasteiger partial charge is 0.247 e. The largest absolute Gasteiger partial charge is 0.394 e. The number of fused-ring (bicyclic) bond motifs is 1. The lowest BCUT2D eigenvalue weighted by Crippen LogP contribution is -2.56. The molecule has 2 heterocycles. The van der Waals surface area contributed by atoms with Crippen LogP contribution in [0.4, 0.5) is 11.4 Å². The van der Waals surface area contributed by atoms with Crippen molar-refractivity contribution in [3.8, 4) is 0 Å². The Morgan fingerprint density at radius 3 is 2.90 bits per heavy atom. The maximum atomic E-state index is 12.7. The van der Waals surface area contributed by atoms with Gasteiger partial charge in [0.1, 0.15) is 6.04 Å². The van der Waals surface area contributed by atoms with E-state index in [2.05, 4.69) is 10.6 Å². The average molecular weight is 291 g/mol. The Balaban J connectivity index is 1.68. The number of nitrogens with one attached hydrogen (secondary N) is 2. The molecule has 0 aliphatic carbocycles. The van der Waals surface area contributed by atoms with E-state index >= 15 is 0 Å². The molecule has 114 valence electrons. The number of morpholine rings is 1. The summed E-state index contributed by atoms with van der Waals surface area (Å²) < 4.78 is 5.58. The van der Waals surface area contributed by atoms with Crippen LogP contribution in [-0.2, 0) is 9.53 Å². The number of aliphatic hydroxyl groups excluding tert-OH is 1. The second kappa shape index (κ2) is 5.91. The van der Waals surface area contributed by atoms with Gasteiger partial charge >= 0.3 is 0 Å². The lowest BCUT2D eigenvalue weighted by Gasteiger charge is -2.39. The number of ether oxygens (including phenoxy) is 1. The molecule has 6 heteroatoms. The van der Waals surface area contributed by atoms with Crippen LogP contribution in [0.1, 0.15) is 6.92 Å². The lowest BCUT2D eigenvalue weighted by molar-refractivity contribution is -0.147. The van der Waals surface area contributed by atoms with E-state index in [0.29, 0.717) is 19.6 Å². The molecule has 6 nitrogen and oxygen atoms in total. The van der Waals surface area contributed by atoms with Gasteiger partial charge < -0.3 is 25.4 Å². The fraction of sp³-hybridized carbons (Fsp3) is 0.533. The molecule has 3 unspecified atom stereocenters. The maximum absolute atomic E-state index is 12.7. The van der Waals surface area contributed by atoms with Gasteiger partial charge in [-0.15, -0.1) is 0 Å². The van der Waals surface area contributed by atoms with E-state index in [1.54, 1.807) is 4.90 Å². The minimum atomic E-state index is -0.290. The Labute approximate surface area is 124 Å². The van der Waals surface area contributed by atoms with Gasteiger partial charge in [0.25, 0.3) is 0 Å². The molecular weight excluding hydrogens is 270 g/mol. The standard InChI is InChI=1S/C15H21N3O3/c1-10-7-18(8-11(9-19)21-10)15(20)14-6-16-12-4-2-3-5-13(12)17-14/h2-5,10-11,14,16-17,19H,6-9H2,1H3. The fourth-order valence-electron chi connectivity index (χ4n) is 2.91. The number of rotatable bonds is 2. The minimum absolute atomic E-state index is 0.0469. The summed E-state index contributed by atoms with van der Waals surface area (Å²) in [6.07, 6.45) is -0.342. The van der Waals surface area contributed by atoms with Crippen LogP contribution in [0.25, 0.3) is 0 Å². The van der Waals surface area contributed by atoms with Crippen molar-refractivity contribution in [1.29, 1.82) is 0 Å². The molecule has 2 aliphatic rings. The highest BCUT2D eigenvalue weighted by Gasteiger charge is 2.33. The van der Waals surface area contributed by atoms with Crippen LogP contribution in [-0.4, -0.2) is 60.4 Å². The first-order valence-corrected chi connectivity index (χ1v) is 7.32. The van der Waals surface area contributed by atoms with Crippen LogP contribution in [0.5, 0.6) is 0 Å². The highest BCUT2D eigenvalue weighted by molar-refractivity contribution is 5.88. The molecule has 3 rings (SSSR count). The zero-order chi connectivity index (χ0) is 14.8. The first kappa shape index (κ1) is 14.2. The number of benzene rings is 1. The number of carbonyl (C=O) groups is 1. The third-order valence-corrected chi connectivity index (χ3v) is 3.89. The first-order valence-electron chi connectivity index (χ1n) is 7.32. The van der Waals surface area contributed by atoms with Crippen molar-refractivity contribution in [3.63, 3.8) is 0 Å². The van der Waals surface area contributed by atoms with Crippen molar-refractivity contribution in [3.05, 3.63) is 24.3 Å². The summed E-state index contributed by atoms with van der Waals surface area (Å²) in [5, 5.41) is 15.8. The van der Waals surface area contributed by atoms with Gasteiger partial charge in [-0.1, -0.05) is 12.1 Å². The summed E-state index contributed by atoms with van der Waals surface area (Å²) in [4.78, 5) is 14.4. The van der Waals surface area contributed by atoms with Crippen molar-refractivity contribution in [2.24, 2.45) is 0 Å². The predicted octanol–water partition coefficient (Wildman–Crippen LogP) is 0.501. The van der Waals surface area contributed by atoms with Gasteiger partial charge in [0.2, 0.25) is 5.91 Å². The van der Waals surface area contributed by atoms with Crippen LogP contribution < -0.4 is 10.6 Å². The molecule has 0 bridgehead atoms. The summed E-state index contributed by atoms with van der Waals surface area (Å²) >= 11 is 0. The van der Waals surface area contributed by atoms with Gasteiger partial charge in [-0.25, -0.2) is 0 Å².